The van der Waals surface area contributed by atoms with E-state index in [1.807, 2.05) is 35.2 Å². The number of hydrogen-bond acceptors (Lipinski definition) is 6. The van der Waals surface area contributed by atoms with Crippen LogP contribution in [0.15, 0.2) is 48.7 Å². The molecule has 1 saturated heterocycles. The zero-order chi connectivity index (χ0) is 23.6. The van der Waals surface area contributed by atoms with Gasteiger partial charge in [0.2, 0.25) is 10.0 Å². The van der Waals surface area contributed by atoms with Crippen molar-refractivity contribution in [2.75, 3.05) is 50.4 Å². The fourth-order valence-electron chi connectivity index (χ4n) is 3.91. The van der Waals surface area contributed by atoms with Crippen LogP contribution in [-0.4, -0.2) is 68.8 Å². The number of aromatic nitrogens is 2. The second kappa shape index (κ2) is 9.24. The number of fused-ring (bicyclic) bond motifs is 1. The van der Waals surface area contributed by atoms with Gasteiger partial charge in [-0.05, 0) is 17.7 Å². The third kappa shape index (κ3) is 5.60. The maximum absolute atomic E-state index is 13.4. The van der Waals surface area contributed by atoms with Gasteiger partial charge in [0.25, 0.3) is 0 Å². The molecule has 0 spiro atoms. The number of alkyl halides is 3. The lowest BCUT2D eigenvalue weighted by Crippen LogP contribution is -2.48. The predicted molar refractivity (Wildman–Crippen MR) is 121 cm³/mol. The second-order valence-electron chi connectivity index (χ2n) is 7.95. The van der Waals surface area contributed by atoms with Crippen molar-refractivity contribution in [2.24, 2.45) is 0 Å². The number of nitrogens with one attached hydrogen (secondary N) is 1. The first-order valence-corrected chi connectivity index (χ1v) is 12.4. The molecule has 2 aromatic heterocycles. The van der Waals surface area contributed by atoms with Gasteiger partial charge in [-0.15, -0.1) is 0 Å². The van der Waals surface area contributed by atoms with Gasteiger partial charge >= 0.3 is 6.18 Å². The molecule has 4 rings (SSSR count). The Morgan fingerprint density at radius 2 is 1.73 bits per heavy atom. The summed E-state index contributed by atoms with van der Waals surface area (Å²) < 4.78 is 65.1. The highest BCUT2D eigenvalue weighted by molar-refractivity contribution is 7.88. The van der Waals surface area contributed by atoms with Crippen LogP contribution < -0.4 is 9.62 Å². The highest BCUT2D eigenvalue weighted by Crippen LogP contribution is 2.35. The van der Waals surface area contributed by atoms with E-state index in [0.29, 0.717) is 56.0 Å². The van der Waals surface area contributed by atoms with Crippen molar-refractivity contribution in [3.05, 3.63) is 54.4 Å². The number of halogens is 3. The summed E-state index contributed by atoms with van der Waals surface area (Å²) in [5.74, 6) is 0.597. The first-order chi connectivity index (χ1) is 15.6. The van der Waals surface area contributed by atoms with E-state index in [0.717, 1.165) is 17.9 Å². The SMILES string of the molecule is CS(=O)(=O)NCCN1CCN(c2ncc(-c3ccccc3)c3nc(C(F)(F)F)ccc23)CC1. The van der Waals surface area contributed by atoms with Crippen molar-refractivity contribution >= 4 is 26.7 Å². The summed E-state index contributed by atoms with van der Waals surface area (Å²) in [6, 6.07) is 11.6. The minimum Gasteiger partial charge on any atom is -0.353 e. The molecule has 0 radical (unpaired) electrons. The maximum atomic E-state index is 13.4. The molecule has 1 aliphatic heterocycles. The fraction of sp³-hybridized carbons (Fsp3) is 0.364. The summed E-state index contributed by atoms with van der Waals surface area (Å²) in [6.45, 7) is 3.51. The zero-order valence-electron chi connectivity index (χ0n) is 18.0. The molecule has 0 amide bonds. The second-order valence-corrected chi connectivity index (χ2v) is 9.78. The third-order valence-corrected chi connectivity index (χ3v) is 6.28. The summed E-state index contributed by atoms with van der Waals surface area (Å²) in [5, 5.41) is 0.566. The Bertz CT molecular complexity index is 1230. The Hall–Kier alpha value is -2.76. The van der Waals surface area contributed by atoms with Gasteiger partial charge in [-0.2, -0.15) is 13.2 Å². The normalized spacial score (nSPS) is 15.8. The number of anilines is 1. The lowest BCUT2D eigenvalue weighted by Gasteiger charge is -2.36. The molecule has 3 heterocycles. The minimum absolute atomic E-state index is 0.265. The first kappa shape index (κ1) is 23.4. The number of rotatable bonds is 6. The van der Waals surface area contributed by atoms with Crippen LogP contribution in [0.3, 0.4) is 0 Å². The number of sulfonamides is 1. The minimum atomic E-state index is -4.54. The van der Waals surface area contributed by atoms with Crippen LogP contribution in [0.25, 0.3) is 22.0 Å². The molecule has 1 N–H and O–H groups in total. The summed E-state index contributed by atoms with van der Waals surface area (Å²) in [7, 11) is -3.23. The topological polar surface area (TPSA) is 78.4 Å². The van der Waals surface area contributed by atoms with E-state index < -0.39 is 21.9 Å². The first-order valence-electron chi connectivity index (χ1n) is 10.5. The molecule has 0 atom stereocenters. The van der Waals surface area contributed by atoms with Gasteiger partial charge in [0.05, 0.1) is 11.8 Å². The number of hydrogen-bond donors (Lipinski definition) is 1. The number of benzene rings is 1. The molecule has 33 heavy (non-hydrogen) atoms. The maximum Gasteiger partial charge on any atom is 0.433 e. The van der Waals surface area contributed by atoms with E-state index in [4.69, 9.17) is 0 Å². The fourth-order valence-corrected chi connectivity index (χ4v) is 4.37. The molecule has 0 saturated carbocycles. The zero-order valence-corrected chi connectivity index (χ0v) is 18.8. The Kier molecular flexibility index (Phi) is 6.55. The average Bonchev–Trinajstić information content (AvgIpc) is 2.78. The van der Waals surface area contributed by atoms with Crippen molar-refractivity contribution in [3.8, 4) is 11.1 Å². The average molecular weight is 480 g/mol. The lowest BCUT2D eigenvalue weighted by molar-refractivity contribution is -0.140. The highest BCUT2D eigenvalue weighted by Gasteiger charge is 2.33. The van der Waals surface area contributed by atoms with Crippen LogP contribution in [0.4, 0.5) is 19.0 Å². The summed E-state index contributed by atoms with van der Waals surface area (Å²) in [4.78, 5) is 12.8. The smallest absolute Gasteiger partial charge is 0.353 e. The number of nitrogens with zero attached hydrogens (tertiary/aromatic N) is 4. The Morgan fingerprint density at radius 3 is 2.36 bits per heavy atom. The van der Waals surface area contributed by atoms with Crippen molar-refractivity contribution in [2.45, 2.75) is 6.18 Å². The van der Waals surface area contributed by atoms with E-state index in [9.17, 15) is 21.6 Å². The van der Waals surface area contributed by atoms with E-state index in [1.165, 1.54) is 6.07 Å². The van der Waals surface area contributed by atoms with Crippen LogP contribution in [0.5, 0.6) is 0 Å². The Labute approximate surface area is 190 Å². The molecule has 3 aromatic rings. The largest absolute Gasteiger partial charge is 0.433 e. The summed E-state index contributed by atoms with van der Waals surface area (Å²) >= 11 is 0. The summed E-state index contributed by atoms with van der Waals surface area (Å²) in [6.07, 6.45) is -1.83. The highest BCUT2D eigenvalue weighted by atomic mass is 32.2. The van der Waals surface area contributed by atoms with Crippen LogP contribution in [0, 0.1) is 0 Å². The van der Waals surface area contributed by atoms with Crippen molar-refractivity contribution in [1.82, 2.24) is 19.6 Å². The Balaban J connectivity index is 1.62. The summed E-state index contributed by atoms with van der Waals surface area (Å²) in [5.41, 5.74) is 0.621. The molecule has 11 heteroatoms. The van der Waals surface area contributed by atoms with Gasteiger partial charge in [-0.3, -0.25) is 4.90 Å². The predicted octanol–water partition coefficient (Wildman–Crippen LogP) is 2.99. The van der Waals surface area contributed by atoms with Crippen LogP contribution >= 0.6 is 0 Å². The molecule has 1 aromatic carbocycles. The number of piperazine rings is 1. The van der Waals surface area contributed by atoms with E-state index in [2.05, 4.69) is 19.6 Å². The molecular weight excluding hydrogens is 455 g/mol. The van der Waals surface area contributed by atoms with Crippen LogP contribution in [0.2, 0.25) is 0 Å². The number of pyridine rings is 2. The quantitative estimate of drug-likeness (QED) is 0.586. The molecule has 7 nitrogen and oxygen atoms in total. The molecule has 1 fully saturated rings. The standard InChI is InChI=1S/C22H24F3N5O2S/c1-33(31,32)27-9-10-29-11-13-30(14-12-29)21-17-7-8-19(22(23,24)25)28-20(17)18(15-26-21)16-5-3-2-4-6-16/h2-8,15,27H,9-14H2,1H3. The molecule has 0 bridgehead atoms. The van der Waals surface area contributed by atoms with Gasteiger partial charge in [0, 0.05) is 56.4 Å². The van der Waals surface area contributed by atoms with Gasteiger partial charge in [-0.25, -0.2) is 23.1 Å². The molecule has 0 aliphatic carbocycles. The van der Waals surface area contributed by atoms with Crippen molar-refractivity contribution in [3.63, 3.8) is 0 Å². The van der Waals surface area contributed by atoms with Gasteiger partial charge in [0.15, 0.2) is 0 Å². The van der Waals surface area contributed by atoms with Crippen molar-refractivity contribution < 1.29 is 21.6 Å². The molecular formula is C22H24F3N5O2S. The lowest BCUT2D eigenvalue weighted by atomic mass is 10.0. The third-order valence-electron chi connectivity index (χ3n) is 5.55. The molecule has 0 unspecified atom stereocenters. The van der Waals surface area contributed by atoms with Crippen molar-refractivity contribution in [1.29, 1.82) is 0 Å². The molecule has 1 aliphatic rings. The van der Waals surface area contributed by atoms with E-state index in [-0.39, 0.29) is 5.52 Å². The monoisotopic (exact) mass is 479 g/mol. The van der Waals surface area contributed by atoms with E-state index in [1.54, 1.807) is 6.20 Å². The Morgan fingerprint density at radius 1 is 1.03 bits per heavy atom. The molecule has 176 valence electrons. The van der Waals surface area contributed by atoms with Crippen LogP contribution in [-0.2, 0) is 16.2 Å². The van der Waals surface area contributed by atoms with Gasteiger partial charge in [0.1, 0.15) is 11.5 Å². The van der Waals surface area contributed by atoms with Gasteiger partial charge in [-0.1, -0.05) is 30.3 Å². The van der Waals surface area contributed by atoms with Crippen LogP contribution in [0.1, 0.15) is 5.69 Å². The van der Waals surface area contributed by atoms with E-state index >= 15 is 0 Å². The van der Waals surface area contributed by atoms with Gasteiger partial charge < -0.3 is 4.90 Å².